The average Bonchev–Trinajstić information content (AvgIpc) is 2.87. The molecule has 26 heavy (non-hydrogen) atoms. The molecule has 6 heteroatoms. The van der Waals surface area contributed by atoms with Crippen molar-refractivity contribution >= 4 is 39.2 Å². The number of fused-ring (bicyclic) bond motifs is 3. The van der Waals surface area contributed by atoms with Gasteiger partial charge in [0.2, 0.25) is 5.91 Å². The van der Waals surface area contributed by atoms with Crippen molar-refractivity contribution in [1.82, 2.24) is 15.3 Å². The lowest BCUT2D eigenvalue weighted by Crippen LogP contribution is -2.41. The van der Waals surface area contributed by atoms with Gasteiger partial charge >= 0.3 is 0 Å². The lowest BCUT2D eigenvalue weighted by molar-refractivity contribution is -0.119. The molecule has 142 valence electrons. The molecule has 0 radical (unpaired) electrons. The zero-order valence-corrected chi connectivity index (χ0v) is 18.2. The third kappa shape index (κ3) is 4.39. The second kappa shape index (κ2) is 7.47. The van der Waals surface area contributed by atoms with Crippen molar-refractivity contribution in [1.29, 1.82) is 0 Å². The Balaban J connectivity index is 1.95. The molecule has 1 atom stereocenters. The zero-order chi connectivity index (χ0) is 19.1. The smallest absolute Gasteiger partial charge is 0.230 e. The predicted molar refractivity (Wildman–Crippen MR) is 111 cm³/mol. The highest BCUT2D eigenvalue weighted by Crippen LogP contribution is 2.41. The number of nitrogens with zero attached hydrogens (tertiary/aromatic N) is 2. The Bertz CT molecular complexity index is 821. The Morgan fingerprint density at radius 3 is 2.73 bits per heavy atom. The van der Waals surface area contributed by atoms with E-state index in [0.29, 0.717) is 5.75 Å². The molecule has 4 nitrogen and oxygen atoms in total. The van der Waals surface area contributed by atoms with Gasteiger partial charge in [-0.1, -0.05) is 32.5 Å². The number of thioether (sulfide) groups is 1. The highest BCUT2D eigenvalue weighted by molar-refractivity contribution is 8.00. The van der Waals surface area contributed by atoms with Gasteiger partial charge in [0.25, 0.3) is 0 Å². The Kier molecular flexibility index (Phi) is 5.63. The summed E-state index contributed by atoms with van der Waals surface area (Å²) in [5.41, 5.74) is 1.22. The van der Waals surface area contributed by atoms with Gasteiger partial charge in [-0.15, -0.1) is 11.3 Å². The van der Waals surface area contributed by atoms with Crippen molar-refractivity contribution in [3.63, 3.8) is 0 Å². The molecule has 0 saturated carbocycles. The number of aromatic nitrogens is 2. The Morgan fingerprint density at radius 2 is 2.08 bits per heavy atom. The van der Waals surface area contributed by atoms with Crippen LogP contribution in [0.2, 0.25) is 0 Å². The van der Waals surface area contributed by atoms with Crippen LogP contribution in [0.15, 0.2) is 5.03 Å². The number of carbonyl (C=O) groups excluding carboxylic acids is 1. The van der Waals surface area contributed by atoms with Crippen LogP contribution < -0.4 is 5.32 Å². The van der Waals surface area contributed by atoms with Gasteiger partial charge in [0, 0.05) is 21.7 Å². The molecule has 2 aromatic rings. The van der Waals surface area contributed by atoms with Crippen LogP contribution >= 0.6 is 23.1 Å². The summed E-state index contributed by atoms with van der Waals surface area (Å²) >= 11 is 3.38. The van der Waals surface area contributed by atoms with Gasteiger partial charge < -0.3 is 5.32 Å². The predicted octanol–water partition coefficient (Wildman–Crippen LogP) is 4.95. The normalized spacial score (nSPS) is 17.6. The first-order valence-corrected chi connectivity index (χ1v) is 11.2. The van der Waals surface area contributed by atoms with E-state index in [1.54, 1.807) is 11.8 Å². The zero-order valence-electron chi connectivity index (χ0n) is 16.6. The standard InChI is InChI=1S/C20H29N3OS2/c1-11(2)17-21-18(25-10-15(24)23-20(4,5)6)16-13-8-7-12(3)9-14(13)26-19(16)22-17/h11-12H,7-10H2,1-6H3,(H,23,24)/t12-/m1/s1. The SMILES string of the molecule is CC(C)c1nc(SCC(=O)NC(C)(C)C)c2c3c(sc2n1)C[C@H](C)CC3. The van der Waals surface area contributed by atoms with Crippen molar-refractivity contribution in [3.8, 4) is 0 Å². The minimum atomic E-state index is -0.209. The Labute approximate surface area is 164 Å². The summed E-state index contributed by atoms with van der Waals surface area (Å²) in [6.45, 7) is 12.6. The lowest BCUT2D eigenvalue weighted by Gasteiger charge is -2.20. The van der Waals surface area contributed by atoms with Crippen molar-refractivity contribution < 1.29 is 4.79 Å². The number of amides is 1. The molecule has 0 saturated heterocycles. The molecule has 0 aliphatic heterocycles. The van der Waals surface area contributed by atoms with Crippen molar-refractivity contribution in [2.75, 3.05) is 5.75 Å². The minimum Gasteiger partial charge on any atom is -0.351 e. The molecule has 2 aromatic heterocycles. The number of thiophene rings is 1. The summed E-state index contributed by atoms with van der Waals surface area (Å²) in [4.78, 5) is 24.5. The van der Waals surface area contributed by atoms with Gasteiger partial charge in [-0.25, -0.2) is 9.97 Å². The van der Waals surface area contributed by atoms with E-state index in [4.69, 9.17) is 9.97 Å². The van der Waals surface area contributed by atoms with Gasteiger partial charge in [0.05, 0.1) is 5.75 Å². The molecule has 0 bridgehead atoms. The van der Waals surface area contributed by atoms with Crippen LogP contribution in [0.5, 0.6) is 0 Å². The Hall–Kier alpha value is -1.14. The topological polar surface area (TPSA) is 54.9 Å². The molecule has 0 spiro atoms. The van der Waals surface area contributed by atoms with Gasteiger partial charge in [-0.2, -0.15) is 0 Å². The van der Waals surface area contributed by atoms with Crippen molar-refractivity contribution in [3.05, 3.63) is 16.3 Å². The van der Waals surface area contributed by atoms with Crippen LogP contribution in [0.4, 0.5) is 0 Å². The molecule has 0 fully saturated rings. The molecule has 1 aliphatic rings. The molecule has 0 aromatic carbocycles. The monoisotopic (exact) mass is 391 g/mol. The minimum absolute atomic E-state index is 0.0538. The van der Waals surface area contributed by atoms with E-state index in [1.165, 1.54) is 22.2 Å². The average molecular weight is 392 g/mol. The summed E-state index contributed by atoms with van der Waals surface area (Å²) in [6.07, 6.45) is 3.46. The number of aryl methyl sites for hydroxylation is 1. The summed E-state index contributed by atoms with van der Waals surface area (Å²) < 4.78 is 0. The largest absolute Gasteiger partial charge is 0.351 e. The second-order valence-corrected chi connectivity index (χ2v) is 10.7. The molecule has 1 amide bonds. The first kappa shape index (κ1) is 19.6. The van der Waals surface area contributed by atoms with Gasteiger partial charge in [0.15, 0.2) is 0 Å². The maximum absolute atomic E-state index is 12.3. The summed E-state index contributed by atoms with van der Waals surface area (Å²) in [7, 11) is 0. The quantitative estimate of drug-likeness (QED) is 0.592. The molecular weight excluding hydrogens is 362 g/mol. The van der Waals surface area contributed by atoms with Crippen LogP contribution in [0, 0.1) is 5.92 Å². The van der Waals surface area contributed by atoms with E-state index in [2.05, 4.69) is 26.1 Å². The van der Waals surface area contributed by atoms with E-state index in [0.717, 1.165) is 34.4 Å². The summed E-state index contributed by atoms with van der Waals surface area (Å²) in [6, 6.07) is 0. The highest BCUT2D eigenvalue weighted by atomic mass is 32.2. The second-order valence-electron chi connectivity index (χ2n) is 8.66. The fraction of sp³-hybridized carbons (Fsp3) is 0.650. The number of carbonyl (C=O) groups is 1. The van der Waals surface area contributed by atoms with Gasteiger partial charge in [-0.3, -0.25) is 4.79 Å². The summed E-state index contributed by atoms with van der Waals surface area (Å²) in [5, 5.41) is 5.22. The number of rotatable bonds is 4. The first-order valence-electron chi connectivity index (χ1n) is 9.40. The third-order valence-electron chi connectivity index (χ3n) is 4.51. The van der Waals surface area contributed by atoms with E-state index in [1.807, 2.05) is 32.1 Å². The van der Waals surface area contributed by atoms with Crippen molar-refractivity contribution in [2.45, 2.75) is 77.3 Å². The fourth-order valence-electron chi connectivity index (χ4n) is 3.28. The van der Waals surface area contributed by atoms with E-state index >= 15 is 0 Å². The molecular formula is C20H29N3OS2. The molecule has 3 rings (SSSR count). The number of nitrogens with one attached hydrogen (secondary N) is 1. The molecule has 0 unspecified atom stereocenters. The highest BCUT2D eigenvalue weighted by Gasteiger charge is 2.25. The van der Waals surface area contributed by atoms with E-state index in [-0.39, 0.29) is 17.4 Å². The number of hydrogen-bond acceptors (Lipinski definition) is 5. The van der Waals surface area contributed by atoms with E-state index < -0.39 is 0 Å². The van der Waals surface area contributed by atoms with Crippen molar-refractivity contribution in [2.24, 2.45) is 5.92 Å². The van der Waals surface area contributed by atoms with Gasteiger partial charge in [0.1, 0.15) is 15.7 Å². The molecule has 2 heterocycles. The van der Waals surface area contributed by atoms with Crippen LogP contribution in [0.25, 0.3) is 10.2 Å². The van der Waals surface area contributed by atoms with Crippen LogP contribution in [0.1, 0.15) is 70.1 Å². The van der Waals surface area contributed by atoms with Crippen LogP contribution in [-0.2, 0) is 17.6 Å². The molecule has 1 N–H and O–H groups in total. The van der Waals surface area contributed by atoms with E-state index in [9.17, 15) is 4.79 Å². The first-order chi connectivity index (χ1) is 12.1. The number of hydrogen-bond donors (Lipinski definition) is 1. The lowest BCUT2D eigenvalue weighted by atomic mass is 9.89. The van der Waals surface area contributed by atoms with Crippen LogP contribution in [0.3, 0.4) is 0 Å². The summed E-state index contributed by atoms with van der Waals surface area (Å²) in [5.74, 6) is 2.34. The van der Waals surface area contributed by atoms with Gasteiger partial charge in [-0.05, 0) is 51.5 Å². The fourth-order valence-corrected chi connectivity index (χ4v) is 5.59. The third-order valence-corrected chi connectivity index (χ3v) is 6.63. The Morgan fingerprint density at radius 1 is 1.35 bits per heavy atom. The molecule has 1 aliphatic carbocycles. The maximum atomic E-state index is 12.3. The maximum Gasteiger partial charge on any atom is 0.230 e. The van der Waals surface area contributed by atoms with Crippen LogP contribution in [-0.4, -0.2) is 27.2 Å².